The molecule has 4 aromatic rings. The number of ether oxygens (including phenoxy) is 1. The van der Waals surface area contributed by atoms with E-state index in [4.69, 9.17) is 13.7 Å². The fraction of sp³-hybridized carbons (Fsp3) is 0.0526. The Kier molecular flexibility index (Phi) is 5.11. The van der Waals surface area contributed by atoms with Crippen LogP contribution in [-0.4, -0.2) is 15.1 Å². The van der Waals surface area contributed by atoms with Crippen molar-refractivity contribution in [3.63, 3.8) is 0 Å². The molecule has 0 radical (unpaired) electrons. The summed E-state index contributed by atoms with van der Waals surface area (Å²) in [6.07, 6.45) is 0. The number of nitro benzene ring substituents is 1. The van der Waals surface area contributed by atoms with E-state index in [0.717, 1.165) is 0 Å². The van der Waals surface area contributed by atoms with Gasteiger partial charge in [0.15, 0.2) is 23.1 Å². The molecule has 0 unspecified atom stereocenters. The average Bonchev–Trinajstić information content (AvgIpc) is 3.42. The first-order chi connectivity index (χ1) is 14.8. The first-order valence-corrected chi connectivity index (χ1v) is 8.47. The number of hydrogen-bond donors (Lipinski definition) is 0. The lowest BCUT2D eigenvalue weighted by Crippen LogP contribution is -2.03. The van der Waals surface area contributed by atoms with Crippen LogP contribution in [0.5, 0.6) is 5.75 Å². The van der Waals surface area contributed by atoms with E-state index in [9.17, 15) is 27.7 Å². The molecule has 0 aliphatic heterocycles. The van der Waals surface area contributed by atoms with Crippen molar-refractivity contribution in [2.75, 3.05) is 0 Å². The fourth-order valence-electron chi connectivity index (χ4n) is 2.56. The second-order valence-corrected chi connectivity index (χ2v) is 6.08. The van der Waals surface area contributed by atoms with Gasteiger partial charge in [-0.1, -0.05) is 5.16 Å². The van der Waals surface area contributed by atoms with E-state index in [1.54, 1.807) is 0 Å². The summed E-state index contributed by atoms with van der Waals surface area (Å²) < 4.78 is 69.0. The molecular weight excluding hydrogens is 426 g/mol. The number of nitro groups is 1. The lowest BCUT2D eigenvalue weighted by Gasteiger charge is -2.08. The summed E-state index contributed by atoms with van der Waals surface area (Å²) in [5.41, 5.74) is 0.351. The van der Waals surface area contributed by atoms with Crippen LogP contribution in [0, 0.1) is 33.4 Å². The molecule has 0 fully saturated rings. The molecule has 0 bridgehead atoms. The van der Waals surface area contributed by atoms with Gasteiger partial charge in [-0.2, -0.15) is 13.8 Å². The van der Waals surface area contributed by atoms with Crippen molar-refractivity contribution in [2.24, 2.45) is 0 Å². The van der Waals surface area contributed by atoms with Gasteiger partial charge in [0, 0.05) is 23.8 Å². The zero-order chi connectivity index (χ0) is 22.1. The number of hydrogen-bond acceptors (Lipinski definition) is 7. The summed E-state index contributed by atoms with van der Waals surface area (Å²) >= 11 is 0. The topological polar surface area (TPSA) is 104 Å². The third-order valence-electron chi connectivity index (χ3n) is 4.07. The largest absolute Gasteiger partial charge is 0.479 e. The van der Waals surface area contributed by atoms with Gasteiger partial charge in [-0.05, 0) is 24.3 Å². The summed E-state index contributed by atoms with van der Waals surface area (Å²) in [6, 6.07) is 8.29. The molecule has 0 aliphatic carbocycles. The number of benzene rings is 2. The Balaban J connectivity index is 1.49. The van der Waals surface area contributed by atoms with Crippen LogP contribution in [0.4, 0.5) is 23.2 Å². The predicted octanol–water partition coefficient (Wildman–Crippen LogP) is 5.04. The Morgan fingerprint density at radius 1 is 1.00 bits per heavy atom. The van der Waals surface area contributed by atoms with Gasteiger partial charge in [0.05, 0.1) is 4.92 Å². The van der Waals surface area contributed by atoms with Crippen LogP contribution in [0.3, 0.4) is 0 Å². The Morgan fingerprint density at radius 3 is 2.32 bits per heavy atom. The molecule has 0 atom stereocenters. The molecule has 2 heterocycles. The van der Waals surface area contributed by atoms with E-state index >= 15 is 0 Å². The molecule has 4 rings (SSSR count). The van der Waals surface area contributed by atoms with Crippen LogP contribution in [0.2, 0.25) is 0 Å². The Hall–Kier alpha value is -4.22. The van der Waals surface area contributed by atoms with Gasteiger partial charge in [0.2, 0.25) is 17.5 Å². The van der Waals surface area contributed by atoms with Gasteiger partial charge in [-0.25, -0.2) is 8.78 Å². The quantitative estimate of drug-likeness (QED) is 0.181. The first-order valence-electron chi connectivity index (χ1n) is 8.47. The zero-order valence-electron chi connectivity index (χ0n) is 15.1. The zero-order valence-corrected chi connectivity index (χ0v) is 15.1. The van der Waals surface area contributed by atoms with Gasteiger partial charge in [0.25, 0.3) is 11.6 Å². The molecule has 2 aromatic carbocycles. The highest BCUT2D eigenvalue weighted by atomic mass is 19.2. The summed E-state index contributed by atoms with van der Waals surface area (Å²) in [5, 5.41) is 14.5. The lowest BCUT2D eigenvalue weighted by molar-refractivity contribution is -0.384. The standard InChI is InChI=1S/C19H9F4N3O5/c20-12-7-13(21)16(23)17(15(12)22)29-8-11-5-6-14(30-11)19-24-18(25-31-19)9-1-3-10(4-2-9)26(27)28/h1-7H,8H2. The Labute approximate surface area is 169 Å². The van der Waals surface area contributed by atoms with E-state index in [2.05, 4.69) is 10.1 Å². The van der Waals surface area contributed by atoms with Crippen LogP contribution in [-0.2, 0) is 6.61 Å². The van der Waals surface area contributed by atoms with Gasteiger partial charge in [0.1, 0.15) is 12.4 Å². The maximum Gasteiger partial charge on any atom is 0.293 e. The summed E-state index contributed by atoms with van der Waals surface area (Å²) in [5.74, 6) is -7.52. The molecule has 2 aromatic heterocycles. The van der Waals surface area contributed by atoms with E-state index in [1.165, 1.54) is 36.4 Å². The molecule has 8 nitrogen and oxygen atoms in total. The smallest absolute Gasteiger partial charge is 0.293 e. The summed E-state index contributed by atoms with van der Waals surface area (Å²) in [7, 11) is 0. The number of non-ortho nitro benzene ring substituents is 1. The van der Waals surface area contributed by atoms with Crippen LogP contribution >= 0.6 is 0 Å². The maximum absolute atomic E-state index is 13.6. The molecule has 31 heavy (non-hydrogen) atoms. The minimum absolute atomic E-state index is 0.0474. The van der Waals surface area contributed by atoms with Crippen molar-refractivity contribution < 1.29 is 36.2 Å². The highest BCUT2D eigenvalue weighted by Crippen LogP contribution is 2.29. The first kappa shape index (κ1) is 20.1. The Bertz CT molecular complexity index is 1240. The molecule has 0 N–H and O–H groups in total. The average molecular weight is 435 g/mol. The lowest BCUT2D eigenvalue weighted by atomic mass is 10.2. The molecule has 12 heteroatoms. The van der Waals surface area contributed by atoms with Gasteiger partial charge in [-0.3, -0.25) is 10.1 Å². The minimum Gasteiger partial charge on any atom is -0.479 e. The molecule has 0 aliphatic rings. The van der Waals surface area contributed by atoms with E-state index < -0.39 is 40.5 Å². The SMILES string of the molecule is O=[N+]([O-])c1ccc(-c2noc(-c3ccc(COc4c(F)c(F)cc(F)c4F)o3)n2)cc1. The number of furan rings is 1. The predicted molar refractivity (Wildman–Crippen MR) is 94.7 cm³/mol. The van der Waals surface area contributed by atoms with Crippen molar-refractivity contribution >= 4 is 5.69 Å². The van der Waals surface area contributed by atoms with Gasteiger partial charge in [-0.15, -0.1) is 0 Å². The third-order valence-corrected chi connectivity index (χ3v) is 4.07. The van der Waals surface area contributed by atoms with Crippen molar-refractivity contribution in [1.29, 1.82) is 0 Å². The number of halogens is 4. The van der Waals surface area contributed by atoms with Crippen molar-refractivity contribution in [2.45, 2.75) is 6.61 Å². The minimum atomic E-state index is -1.67. The summed E-state index contributed by atoms with van der Waals surface area (Å²) in [4.78, 5) is 14.3. The highest BCUT2D eigenvalue weighted by Gasteiger charge is 2.21. The van der Waals surface area contributed by atoms with Crippen LogP contribution in [0.25, 0.3) is 23.0 Å². The van der Waals surface area contributed by atoms with Gasteiger partial charge < -0.3 is 13.7 Å². The molecule has 0 spiro atoms. The normalized spacial score (nSPS) is 11.0. The monoisotopic (exact) mass is 435 g/mol. The van der Waals surface area contributed by atoms with Crippen molar-refractivity contribution in [3.8, 4) is 28.8 Å². The maximum atomic E-state index is 13.6. The molecular formula is C19H9F4N3O5. The van der Waals surface area contributed by atoms with E-state index in [0.29, 0.717) is 5.56 Å². The van der Waals surface area contributed by atoms with Gasteiger partial charge >= 0.3 is 0 Å². The van der Waals surface area contributed by atoms with E-state index in [-0.39, 0.29) is 35.0 Å². The second-order valence-electron chi connectivity index (χ2n) is 6.08. The molecule has 158 valence electrons. The van der Waals surface area contributed by atoms with Crippen molar-refractivity contribution in [1.82, 2.24) is 10.1 Å². The summed E-state index contributed by atoms with van der Waals surface area (Å²) in [6.45, 7) is -0.542. The second kappa shape index (κ2) is 7.89. The molecule has 0 saturated heterocycles. The Morgan fingerprint density at radius 2 is 1.68 bits per heavy atom. The van der Waals surface area contributed by atoms with Crippen molar-refractivity contribution in [3.05, 3.63) is 81.6 Å². The molecule has 0 amide bonds. The van der Waals surface area contributed by atoms with Crippen LogP contribution in [0.1, 0.15) is 5.76 Å². The number of nitrogens with zero attached hydrogens (tertiary/aromatic N) is 3. The molecule has 0 saturated carbocycles. The third kappa shape index (κ3) is 3.95. The number of rotatable bonds is 6. The van der Waals surface area contributed by atoms with E-state index in [1.807, 2.05) is 0 Å². The van der Waals surface area contributed by atoms with Crippen LogP contribution < -0.4 is 4.74 Å². The van der Waals surface area contributed by atoms with Crippen LogP contribution in [0.15, 0.2) is 51.4 Å². The number of aromatic nitrogens is 2. The highest BCUT2D eigenvalue weighted by molar-refractivity contribution is 5.59. The fourth-order valence-corrected chi connectivity index (χ4v) is 2.56.